The number of nitrogens with zero attached hydrogens (tertiary/aromatic N) is 1. The molecule has 100 valence electrons. The van der Waals surface area contributed by atoms with Crippen molar-refractivity contribution in [2.24, 2.45) is 0 Å². The minimum atomic E-state index is 0.680. The van der Waals surface area contributed by atoms with E-state index < -0.39 is 0 Å². The van der Waals surface area contributed by atoms with Gasteiger partial charge in [-0.2, -0.15) is 0 Å². The largest absolute Gasteiger partial charge is 0.492 e. The first-order valence-electron chi connectivity index (χ1n) is 6.81. The Balaban J connectivity index is 1.59. The van der Waals surface area contributed by atoms with E-state index in [0.29, 0.717) is 6.61 Å². The summed E-state index contributed by atoms with van der Waals surface area (Å²) in [6.07, 6.45) is 4.09. The summed E-state index contributed by atoms with van der Waals surface area (Å²) < 4.78 is 7.86. The molecule has 0 spiro atoms. The molecule has 3 rings (SSSR count). The van der Waals surface area contributed by atoms with Crippen molar-refractivity contribution in [2.75, 3.05) is 6.61 Å². The van der Waals surface area contributed by atoms with E-state index in [-0.39, 0.29) is 0 Å². The van der Waals surface area contributed by atoms with Crippen LogP contribution in [0.1, 0.15) is 0 Å². The number of hydrogen-bond donors (Lipinski definition) is 0. The van der Waals surface area contributed by atoms with Crippen molar-refractivity contribution in [3.8, 4) is 16.9 Å². The molecule has 1 aromatic heterocycles. The van der Waals surface area contributed by atoms with Crippen LogP contribution >= 0.6 is 0 Å². The summed E-state index contributed by atoms with van der Waals surface area (Å²) in [6, 6.07) is 22.7. The van der Waals surface area contributed by atoms with Crippen LogP contribution in [-0.4, -0.2) is 11.2 Å². The molecular formula is C18H17NO. The quantitative estimate of drug-likeness (QED) is 0.671. The van der Waals surface area contributed by atoms with Crippen LogP contribution < -0.4 is 4.74 Å². The second kappa shape index (κ2) is 6.11. The average molecular weight is 263 g/mol. The Morgan fingerprint density at radius 2 is 1.35 bits per heavy atom. The van der Waals surface area contributed by atoms with E-state index in [1.54, 1.807) is 0 Å². The van der Waals surface area contributed by atoms with Crippen molar-refractivity contribution in [1.29, 1.82) is 0 Å². The summed E-state index contributed by atoms with van der Waals surface area (Å²) in [5.41, 5.74) is 2.44. The lowest BCUT2D eigenvalue weighted by atomic mass is 10.1. The van der Waals surface area contributed by atoms with Crippen LogP contribution in [0.25, 0.3) is 11.1 Å². The second-order valence-electron chi connectivity index (χ2n) is 4.66. The van der Waals surface area contributed by atoms with Crippen molar-refractivity contribution >= 4 is 0 Å². The van der Waals surface area contributed by atoms with E-state index in [1.807, 2.05) is 42.7 Å². The van der Waals surface area contributed by atoms with Crippen LogP contribution in [0.5, 0.6) is 5.75 Å². The summed E-state index contributed by atoms with van der Waals surface area (Å²) in [4.78, 5) is 0. The maximum Gasteiger partial charge on any atom is 0.119 e. The highest BCUT2D eigenvalue weighted by atomic mass is 16.5. The van der Waals surface area contributed by atoms with Gasteiger partial charge >= 0.3 is 0 Å². The molecule has 0 saturated carbocycles. The van der Waals surface area contributed by atoms with Crippen molar-refractivity contribution in [2.45, 2.75) is 6.54 Å². The molecule has 0 saturated heterocycles. The lowest BCUT2D eigenvalue weighted by molar-refractivity contribution is 0.298. The second-order valence-corrected chi connectivity index (χ2v) is 4.66. The van der Waals surface area contributed by atoms with Gasteiger partial charge in [0, 0.05) is 12.4 Å². The summed E-state index contributed by atoms with van der Waals surface area (Å²) in [7, 11) is 0. The highest BCUT2D eigenvalue weighted by molar-refractivity contribution is 5.63. The van der Waals surface area contributed by atoms with Crippen LogP contribution in [0.4, 0.5) is 0 Å². The number of rotatable bonds is 5. The van der Waals surface area contributed by atoms with Gasteiger partial charge in [-0.05, 0) is 35.4 Å². The van der Waals surface area contributed by atoms with Crippen molar-refractivity contribution in [3.05, 3.63) is 79.1 Å². The molecule has 0 fully saturated rings. The molecule has 0 N–H and O–H groups in total. The molecule has 20 heavy (non-hydrogen) atoms. The molecule has 0 atom stereocenters. The van der Waals surface area contributed by atoms with Crippen LogP contribution in [0.2, 0.25) is 0 Å². The highest BCUT2D eigenvalue weighted by Gasteiger charge is 1.98. The normalized spacial score (nSPS) is 10.4. The minimum absolute atomic E-state index is 0.680. The Bertz CT molecular complexity index is 627. The smallest absolute Gasteiger partial charge is 0.119 e. The summed E-state index contributed by atoms with van der Waals surface area (Å²) >= 11 is 0. The van der Waals surface area contributed by atoms with Gasteiger partial charge in [0.1, 0.15) is 12.4 Å². The third-order valence-electron chi connectivity index (χ3n) is 3.25. The van der Waals surface area contributed by atoms with E-state index in [4.69, 9.17) is 4.74 Å². The molecule has 0 aliphatic carbocycles. The first-order valence-corrected chi connectivity index (χ1v) is 6.81. The molecule has 0 bridgehead atoms. The Morgan fingerprint density at radius 1 is 0.700 bits per heavy atom. The van der Waals surface area contributed by atoms with Crippen LogP contribution in [0, 0.1) is 0 Å². The number of aromatic nitrogens is 1. The predicted octanol–water partition coefficient (Wildman–Crippen LogP) is 4.23. The van der Waals surface area contributed by atoms with E-state index in [9.17, 15) is 0 Å². The molecule has 0 radical (unpaired) electrons. The maximum absolute atomic E-state index is 5.75. The fourth-order valence-corrected chi connectivity index (χ4v) is 2.16. The van der Waals surface area contributed by atoms with Crippen LogP contribution in [0.15, 0.2) is 79.1 Å². The summed E-state index contributed by atoms with van der Waals surface area (Å²) in [5.74, 6) is 0.914. The average Bonchev–Trinajstić information content (AvgIpc) is 3.02. The number of benzene rings is 2. The van der Waals surface area contributed by atoms with Gasteiger partial charge in [0.2, 0.25) is 0 Å². The fraction of sp³-hybridized carbons (Fsp3) is 0.111. The molecular weight excluding hydrogens is 246 g/mol. The Morgan fingerprint density at radius 3 is 2.05 bits per heavy atom. The molecule has 2 aromatic carbocycles. The topological polar surface area (TPSA) is 14.2 Å². The zero-order chi connectivity index (χ0) is 13.6. The van der Waals surface area contributed by atoms with Crippen LogP contribution in [0.3, 0.4) is 0 Å². The molecule has 0 amide bonds. The van der Waals surface area contributed by atoms with Gasteiger partial charge in [0.15, 0.2) is 0 Å². The zero-order valence-electron chi connectivity index (χ0n) is 11.3. The van der Waals surface area contributed by atoms with Crippen LogP contribution in [-0.2, 0) is 6.54 Å². The molecule has 2 heteroatoms. The first-order chi connectivity index (χ1) is 9.92. The molecule has 2 nitrogen and oxygen atoms in total. The van der Waals surface area contributed by atoms with E-state index >= 15 is 0 Å². The molecule has 3 aromatic rings. The number of hydrogen-bond acceptors (Lipinski definition) is 1. The van der Waals surface area contributed by atoms with E-state index in [2.05, 4.69) is 41.0 Å². The number of ether oxygens (including phenoxy) is 1. The minimum Gasteiger partial charge on any atom is -0.492 e. The Hall–Kier alpha value is -2.48. The lowest BCUT2D eigenvalue weighted by Gasteiger charge is -2.08. The molecule has 0 aliphatic rings. The first kappa shape index (κ1) is 12.5. The van der Waals surface area contributed by atoms with Gasteiger partial charge in [-0.25, -0.2) is 0 Å². The summed E-state index contributed by atoms with van der Waals surface area (Å²) in [5, 5.41) is 0. The lowest BCUT2D eigenvalue weighted by Crippen LogP contribution is -2.06. The third kappa shape index (κ3) is 3.09. The van der Waals surface area contributed by atoms with Gasteiger partial charge in [-0.3, -0.25) is 0 Å². The Labute approximate surface area is 119 Å². The van der Waals surface area contributed by atoms with E-state index in [0.717, 1.165) is 12.3 Å². The van der Waals surface area contributed by atoms with Gasteiger partial charge in [-0.15, -0.1) is 0 Å². The standard InChI is InChI=1S/C18H17NO/c1-2-6-16(7-3-1)17-8-10-18(11-9-17)20-15-14-19-12-4-5-13-19/h1-13H,14-15H2. The van der Waals surface area contributed by atoms with Crippen molar-refractivity contribution in [1.82, 2.24) is 4.57 Å². The van der Waals surface area contributed by atoms with E-state index in [1.165, 1.54) is 11.1 Å². The van der Waals surface area contributed by atoms with Gasteiger partial charge in [0.05, 0.1) is 6.54 Å². The SMILES string of the molecule is c1ccc(-c2ccc(OCCn3cccc3)cc2)cc1. The molecule has 0 unspecified atom stereocenters. The van der Waals surface area contributed by atoms with Crippen molar-refractivity contribution < 1.29 is 4.74 Å². The van der Waals surface area contributed by atoms with Crippen molar-refractivity contribution in [3.63, 3.8) is 0 Å². The zero-order valence-corrected chi connectivity index (χ0v) is 11.3. The summed E-state index contributed by atoms with van der Waals surface area (Å²) in [6.45, 7) is 1.55. The van der Waals surface area contributed by atoms with Gasteiger partial charge in [0.25, 0.3) is 0 Å². The monoisotopic (exact) mass is 263 g/mol. The third-order valence-corrected chi connectivity index (χ3v) is 3.25. The molecule has 0 aliphatic heterocycles. The van der Waals surface area contributed by atoms with Gasteiger partial charge in [-0.1, -0.05) is 42.5 Å². The van der Waals surface area contributed by atoms with Gasteiger partial charge < -0.3 is 9.30 Å². The fourth-order valence-electron chi connectivity index (χ4n) is 2.16. The predicted molar refractivity (Wildman–Crippen MR) is 81.8 cm³/mol. The Kier molecular flexibility index (Phi) is 3.83. The maximum atomic E-state index is 5.75. The molecule has 1 heterocycles. The highest BCUT2D eigenvalue weighted by Crippen LogP contribution is 2.21.